The molecule has 0 aromatic heterocycles. The lowest BCUT2D eigenvalue weighted by molar-refractivity contribution is 0.161. The summed E-state index contributed by atoms with van der Waals surface area (Å²) in [4.78, 5) is 0. The average molecular weight is 196 g/mol. The molecule has 2 unspecified atom stereocenters. The minimum Gasteiger partial charge on any atom is -0.328 e. The second kappa shape index (κ2) is 4.04. The van der Waals surface area contributed by atoms with Crippen LogP contribution < -0.4 is 0 Å². The van der Waals surface area contributed by atoms with Gasteiger partial charge in [-0.25, -0.2) is 4.67 Å². The zero-order valence-electron chi connectivity index (χ0n) is 7.25. The van der Waals surface area contributed by atoms with E-state index in [2.05, 4.69) is 25.4 Å². The highest BCUT2D eigenvalue weighted by Crippen LogP contribution is 2.51. The summed E-state index contributed by atoms with van der Waals surface area (Å²) >= 11 is 6.04. The van der Waals surface area contributed by atoms with E-state index in [0.717, 1.165) is 13.0 Å². The van der Waals surface area contributed by atoms with Gasteiger partial charge in [0.1, 0.15) is 0 Å². The first kappa shape index (κ1) is 9.73. The molecule has 0 spiro atoms. The molecule has 0 bridgehead atoms. The summed E-state index contributed by atoms with van der Waals surface area (Å²) in [5.74, 6) is 0. The Labute approximate surface area is 74.5 Å². The normalized spacial score (nSPS) is 34.6. The molecule has 11 heavy (non-hydrogen) atoms. The van der Waals surface area contributed by atoms with E-state index in [-0.39, 0.29) is 0 Å². The molecule has 2 atom stereocenters. The van der Waals surface area contributed by atoms with Gasteiger partial charge in [0.2, 0.25) is 7.65 Å². The summed E-state index contributed by atoms with van der Waals surface area (Å²) in [6.07, 6.45) is 1.44. The third-order valence-electron chi connectivity index (χ3n) is 1.83. The zero-order valence-corrected chi connectivity index (χ0v) is 8.90. The molecule has 0 radical (unpaired) electrons. The van der Waals surface area contributed by atoms with E-state index in [4.69, 9.17) is 15.8 Å². The van der Waals surface area contributed by atoms with Crippen LogP contribution in [0.5, 0.6) is 0 Å². The Bertz CT molecular complexity index is 134. The van der Waals surface area contributed by atoms with Crippen molar-refractivity contribution in [3.63, 3.8) is 0 Å². The van der Waals surface area contributed by atoms with Crippen molar-refractivity contribution in [2.75, 3.05) is 6.54 Å². The summed E-state index contributed by atoms with van der Waals surface area (Å²) < 4.78 is 7.74. The van der Waals surface area contributed by atoms with Gasteiger partial charge in [0, 0.05) is 12.6 Å². The Morgan fingerprint density at radius 2 is 2.27 bits per heavy atom. The molecule has 0 N–H and O–H groups in total. The van der Waals surface area contributed by atoms with Crippen molar-refractivity contribution in [2.24, 2.45) is 0 Å². The minimum atomic E-state index is -0.828. The van der Waals surface area contributed by atoms with Crippen LogP contribution in [0.3, 0.4) is 0 Å². The Hall–Kier alpha value is 0.640. The highest BCUT2D eigenvalue weighted by Gasteiger charge is 2.27. The second-order valence-corrected chi connectivity index (χ2v) is 5.23. The zero-order chi connectivity index (χ0) is 8.43. The fourth-order valence-electron chi connectivity index (χ4n) is 1.09. The van der Waals surface area contributed by atoms with Gasteiger partial charge in [0.15, 0.2) is 0 Å². The Morgan fingerprint density at radius 1 is 1.64 bits per heavy atom. The summed E-state index contributed by atoms with van der Waals surface area (Å²) in [5, 5.41) is 0. The van der Waals surface area contributed by atoms with E-state index in [1.165, 1.54) is 0 Å². The lowest BCUT2D eigenvalue weighted by Crippen LogP contribution is -2.33. The van der Waals surface area contributed by atoms with E-state index < -0.39 is 7.65 Å². The molecule has 0 aromatic rings. The van der Waals surface area contributed by atoms with Gasteiger partial charge in [0.25, 0.3) is 0 Å². The van der Waals surface area contributed by atoms with Crippen LogP contribution in [0.15, 0.2) is 0 Å². The fourth-order valence-corrected chi connectivity index (χ4v) is 3.41. The predicted octanol–water partition coefficient (Wildman–Crippen LogP) is 2.97. The van der Waals surface area contributed by atoms with Crippen LogP contribution in [0.2, 0.25) is 0 Å². The van der Waals surface area contributed by atoms with Crippen molar-refractivity contribution < 1.29 is 4.52 Å². The maximum Gasteiger partial charge on any atom is 0.207 e. The first-order valence-corrected chi connectivity index (χ1v) is 6.12. The molecule has 1 aliphatic heterocycles. The van der Waals surface area contributed by atoms with Gasteiger partial charge in [-0.1, -0.05) is 0 Å². The molecule has 0 amide bonds. The molecule has 1 aliphatic rings. The highest BCUT2D eigenvalue weighted by molar-refractivity contribution is 7.78. The van der Waals surface area contributed by atoms with Crippen molar-refractivity contribution in [3.8, 4) is 0 Å². The van der Waals surface area contributed by atoms with Crippen molar-refractivity contribution >= 4 is 18.9 Å². The Kier molecular flexibility index (Phi) is 3.57. The Balaban J connectivity index is 2.44. The third-order valence-corrected chi connectivity index (χ3v) is 4.25. The van der Waals surface area contributed by atoms with E-state index in [9.17, 15) is 0 Å². The topological polar surface area (TPSA) is 12.5 Å². The summed E-state index contributed by atoms with van der Waals surface area (Å²) in [6.45, 7) is 7.46. The molecule has 1 rings (SSSR count). The smallest absolute Gasteiger partial charge is 0.207 e. The number of hydrogen-bond donors (Lipinski definition) is 0. The van der Waals surface area contributed by atoms with Crippen LogP contribution in [0.25, 0.3) is 0 Å². The molecule has 0 saturated carbocycles. The lowest BCUT2D eigenvalue weighted by atomic mass is 10.2. The molecule has 2 nitrogen and oxygen atoms in total. The molecule has 0 aromatic carbocycles. The van der Waals surface area contributed by atoms with Gasteiger partial charge in [0.05, 0.1) is 6.10 Å². The van der Waals surface area contributed by atoms with Crippen molar-refractivity contribution in [2.45, 2.75) is 39.3 Å². The first-order valence-electron chi connectivity index (χ1n) is 4.00. The quantitative estimate of drug-likeness (QED) is 0.597. The largest absolute Gasteiger partial charge is 0.328 e. The van der Waals surface area contributed by atoms with Crippen LogP contribution in [-0.4, -0.2) is 23.4 Å². The molecular weight excluding hydrogens is 181 g/mol. The number of hydrogen-bond acceptors (Lipinski definition) is 2. The van der Waals surface area contributed by atoms with Gasteiger partial charge >= 0.3 is 0 Å². The average Bonchev–Trinajstić information content (AvgIpc) is 1.85. The monoisotopic (exact) mass is 195 g/mol. The van der Waals surface area contributed by atoms with E-state index in [0.29, 0.717) is 12.1 Å². The SMILES string of the molecule is CC1CCN(C(C)C)P(Cl)O1. The predicted molar refractivity (Wildman–Crippen MR) is 49.8 cm³/mol. The van der Waals surface area contributed by atoms with Gasteiger partial charge in [-0.15, -0.1) is 0 Å². The summed E-state index contributed by atoms with van der Waals surface area (Å²) in [7, 11) is -0.828. The Morgan fingerprint density at radius 3 is 2.73 bits per heavy atom. The van der Waals surface area contributed by atoms with Crippen LogP contribution in [-0.2, 0) is 4.52 Å². The van der Waals surface area contributed by atoms with Crippen LogP contribution >= 0.6 is 18.9 Å². The molecule has 0 aliphatic carbocycles. The molecule has 1 saturated heterocycles. The molecule has 4 heteroatoms. The number of nitrogens with zero attached hydrogens (tertiary/aromatic N) is 1. The highest BCUT2D eigenvalue weighted by atomic mass is 35.7. The second-order valence-electron chi connectivity index (χ2n) is 3.19. The number of rotatable bonds is 1. The van der Waals surface area contributed by atoms with Crippen molar-refractivity contribution in [1.82, 2.24) is 4.67 Å². The molecule has 1 heterocycles. The van der Waals surface area contributed by atoms with Gasteiger partial charge in [-0.2, -0.15) is 0 Å². The number of halogens is 1. The van der Waals surface area contributed by atoms with Gasteiger partial charge < -0.3 is 4.52 Å². The molecule has 66 valence electrons. The van der Waals surface area contributed by atoms with Crippen molar-refractivity contribution in [1.29, 1.82) is 0 Å². The maximum atomic E-state index is 6.04. The molecule has 1 fully saturated rings. The van der Waals surface area contributed by atoms with E-state index in [1.807, 2.05) is 0 Å². The van der Waals surface area contributed by atoms with E-state index >= 15 is 0 Å². The standard InChI is InChI=1S/C7H15ClNOP/c1-6(2)9-5-4-7(3)10-11(9)8/h6-7H,4-5H2,1-3H3. The van der Waals surface area contributed by atoms with Crippen LogP contribution in [0, 0.1) is 0 Å². The summed E-state index contributed by atoms with van der Waals surface area (Å²) in [5.41, 5.74) is 0. The van der Waals surface area contributed by atoms with Crippen LogP contribution in [0.4, 0.5) is 0 Å². The van der Waals surface area contributed by atoms with Gasteiger partial charge in [-0.3, -0.25) is 0 Å². The first-order chi connectivity index (χ1) is 5.11. The summed E-state index contributed by atoms with van der Waals surface area (Å²) in [6, 6.07) is 0.506. The lowest BCUT2D eigenvalue weighted by Gasteiger charge is -2.36. The van der Waals surface area contributed by atoms with Crippen LogP contribution in [0.1, 0.15) is 27.2 Å². The molecular formula is C7H15ClNOP. The fraction of sp³-hybridized carbons (Fsp3) is 1.00. The van der Waals surface area contributed by atoms with Gasteiger partial charge in [-0.05, 0) is 38.4 Å². The van der Waals surface area contributed by atoms with E-state index in [1.54, 1.807) is 0 Å². The minimum absolute atomic E-state index is 0.341. The van der Waals surface area contributed by atoms with Crippen molar-refractivity contribution in [3.05, 3.63) is 0 Å². The third kappa shape index (κ3) is 2.55. The maximum absolute atomic E-state index is 6.04.